The second-order valence-corrected chi connectivity index (χ2v) is 0.715. The normalized spacial score (nSPS) is 4.90. The van der Waals surface area contributed by atoms with Gasteiger partial charge in [-0.25, -0.2) is 0 Å². The van der Waals surface area contributed by atoms with Crippen LogP contribution < -0.4 is 5.11 Å². The first-order valence-corrected chi connectivity index (χ1v) is 1.46. The van der Waals surface area contributed by atoms with E-state index in [-0.39, 0.29) is 34.1 Å². The van der Waals surface area contributed by atoms with Gasteiger partial charge in [0.1, 0.15) is 0 Å². The van der Waals surface area contributed by atoms with E-state index in [0.717, 1.165) is 6.92 Å². The first-order valence-electron chi connectivity index (χ1n) is 1.46. The van der Waals surface area contributed by atoms with Crippen molar-refractivity contribution in [2.24, 2.45) is 0 Å². The smallest absolute Gasteiger partial charge is 0.550 e. The van der Waals surface area contributed by atoms with E-state index in [0.29, 0.717) is 0 Å². The van der Waals surface area contributed by atoms with Crippen molar-refractivity contribution >= 4 is 23.3 Å². The van der Waals surface area contributed by atoms with Gasteiger partial charge in [0, 0.05) is 5.97 Å². The van der Waals surface area contributed by atoms with Gasteiger partial charge >= 0.3 is 16.8 Å². The Bertz CT molecular complexity index is 77.6. The quantitative estimate of drug-likeness (QED) is 0.246. The largest absolute Gasteiger partial charge is 2.00 e. The number of carbonyl (C=O) groups excluding carboxylic acids is 1. The minimum absolute atomic E-state index is 0. The molecule has 6 nitrogen and oxygen atoms in total. The molecule has 0 aromatic carbocycles. The summed E-state index contributed by atoms with van der Waals surface area (Å²) in [6, 6.07) is 0. The number of carbonyl (C=O) groups is 1. The van der Waals surface area contributed by atoms with Crippen LogP contribution in [0, 0.1) is 15.3 Å². The maximum absolute atomic E-state index is 8.89. The molecule has 0 bridgehead atoms. The van der Waals surface area contributed by atoms with Crippen LogP contribution in [-0.2, 0) is 21.6 Å². The molecular formula is C2H6AlCoNO5. The predicted octanol–water partition coefficient (Wildman–Crippen LogP) is -2.67. The topological polar surface area (TPSA) is 106 Å². The summed E-state index contributed by atoms with van der Waals surface area (Å²) in [7, 11) is 0. The zero-order valence-electron chi connectivity index (χ0n) is 4.32. The molecule has 0 aromatic heterocycles. The molecule has 10 heavy (non-hydrogen) atoms. The number of carboxylic acids is 1. The van der Waals surface area contributed by atoms with Gasteiger partial charge in [0.15, 0.2) is 17.4 Å². The molecule has 0 amide bonds. The number of rotatable bonds is 0. The van der Waals surface area contributed by atoms with Crippen molar-refractivity contribution in [3.63, 3.8) is 0 Å². The van der Waals surface area contributed by atoms with E-state index in [1.807, 2.05) is 0 Å². The SMILES string of the molecule is CC(=O)[O-].O=[N+]([O-])[O-].[AlH3].[Co+2]. The van der Waals surface area contributed by atoms with Gasteiger partial charge in [-0.3, -0.25) is 0 Å². The summed E-state index contributed by atoms with van der Waals surface area (Å²) in [6.07, 6.45) is 0. The average Bonchev–Trinajstić information content (AvgIpc) is 1.25. The van der Waals surface area contributed by atoms with E-state index in [2.05, 4.69) is 0 Å². The molecule has 0 aliphatic rings. The first kappa shape index (κ1) is 22.6. The van der Waals surface area contributed by atoms with Gasteiger partial charge < -0.3 is 25.2 Å². The minimum Gasteiger partial charge on any atom is -0.550 e. The maximum Gasteiger partial charge on any atom is 2.00 e. The summed E-state index contributed by atoms with van der Waals surface area (Å²) in [4.78, 5) is 17.1. The van der Waals surface area contributed by atoms with Crippen LogP contribution in [0.1, 0.15) is 6.92 Å². The molecule has 0 rings (SSSR count). The van der Waals surface area contributed by atoms with E-state index >= 15 is 0 Å². The summed E-state index contributed by atoms with van der Waals surface area (Å²) in [5.41, 5.74) is 0. The Morgan fingerprint density at radius 3 is 1.40 bits per heavy atom. The van der Waals surface area contributed by atoms with Crippen LogP contribution in [0.3, 0.4) is 0 Å². The minimum atomic E-state index is -1.75. The van der Waals surface area contributed by atoms with Crippen molar-refractivity contribution in [2.75, 3.05) is 0 Å². The Hall–Kier alpha value is -0.291. The average molecular weight is 210 g/mol. The molecule has 0 saturated carbocycles. The van der Waals surface area contributed by atoms with E-state index in [4.69, 9.17) is 25.2 Å². The van der Waals surface area contributed by atoms with Crippen LogP contribution in [0.2, 0.25) is 0 Å². The number of carboxylic acid groups (broad SMARTS) is 1. The van der Waals surface area contributed by atoms with Crippen LogP contribution in [0.4, 0.5) is 0 Å². The van der Waals surface area contributed by atoms with Crippen LogP contribution in [0.25, 0.3) is 0 Å². The van der Waals surface area contributed by atoms with Crippen molar-refractivity contribution in [3.05, 3.63) is 15.3 Å². The Labute approximate surface area is 77.7 Å². The molecule has 0 atom stereocenters. The maximum atomic E-state index is 8.89. The second kappa shape index (κ2) is 15.9. The zero-order chi connectivity index (χ0) is 7.15. The summed E-state index contributed by atoms with van der Waals surface area (Å²) in [5, 5.41) is 23.6. The van der Waals surface area contributed by atoms with Crippen molar-refractivity contribution in [1.29, 1.82) is 0 Å². The van der Waals surface area contributed by atoms with Crippen molar-refractivity contribution in [2.45, 2.75) is 6.92 Å². The predicted molar refractivity (Wildman–Crippen MR) is 31.0 cm³/mol. The molecule has 0 aliphatic carbocycles. The van der Waals surface area contributed by atoms with Gasteiger partial charge in [-0.15, -0.1) is 0 Å². The Kier molecular flexibility index (Phi) is 35.9. The second-order valence-electron chi connectivity index (χ2n) is 0.715. The van der Waals surface area contributed by atoms with Crippen LogP contribution in [0.15, 0.2) is 0 Å². The number of nitrogens with zero attached hydrogens (tertiary/aromatic N) is 1. The van der Waals surface area contributed by atoms with Gasteiger partial charge in [0.25, 0.3) is 0 Å². The fourth-order valence-electron chi connectivity index (χ4n) is 0. The van der Waals surface area contributed by atoms with Gasteiger partial charge in [-0.2, -0.15) is 0 Å². The molecule has 0 unspecified atom stereocenters. The van der Waals surface area contributed by atoms with E-state index < -0.39 is 11.1 Å². The fraction of sp³-hybridized carbons (Fsp3) is 0.500. The van der Waals surface area contributed by atoms with E-state index in [1.54, 1.807) is 0 Å². The van der Waals surface area contributed by atoms with Gasteiger partial charge in [-0.05, 0) is 6.92 Å². The summed E-state index contributed by atoms with van der Waals surface area (Å²) < 4.78 is 0. The number of hydrogen-bond acceptors (Lipinski definition) is 5. The summed E-state index contributed by atoms with van der Waals surface area (Å²) >= 11 is 0. The Balaban J connectivity index is -0.0000000300. The van der Waals surface area contributed by atoms with Gasteiger partial charge in [0.05, 0.1) is 5.09 Å². The molecule has 1 radical (unpaired) electrons. The molecule has 0 heterocycles. The Morgan fingerprint density at radius 2 is 1.40 bits per heavy atom. The molecule has 0 saturated heterocycles. The fourth-order valence-corrected chi connectivity index (χ4v) is 0. The molecule has 0 N–H and O–H groups in total. The summed E-state index contributed by atoms with van der Waals surface area (Å²) in [5.74, 6) is -1.08. The van der Waals surface area contributed by atoms with E-state index in [9.17, 15) is 0 Å². The van der Waals surface area contributed by atoms with Crippen LogP contribution >= 0.6 is 0 Å². The molecular weight excluding hydrogens is 204 g/mol. The molecule has 0 fully saturated rings. The third kappa shape index (κ3) is 4100. The van der Waals surface area contributed by atoms with Gasteiger partial charge in [-0.1, -0.05) is 0 Å². The first-order chi connectivity index (χ1) is 3.46. The van der Waals surface area contributed by atoms with Crippen molar-refractivity contribution in [1.82, 2.24) is 0 Å². The molecule has 0 aliphatic heterocycles. The zero-order valence-corrected chi connectivity index (χ0v) is 5.36. The molecule has 61 valence electrons. The van der Waals surface area contributed by atoms with Crippen molar-refractivity contribution in [3.8, 4) is 0 Å². The standard InChI is InChI=1S/C2H4O2.Al.Co.NO3.3H/c1-2(3)4;;;2-1(3)4;;;/h1H3,(H,3,4);;;;;;/q;;+2;-1;;;/p-1. The van der Waals surface area contributed by atoms with E-state index in [1.165, 1.54) is 0 Å². The Morgan fingerprint density at radius 1 is 1.40 bits per heavy atom. The monoisotopic (exact) mass is 210 g/mol. The molecule has 8 heteroatoms. The number of hydrogen-bond donors (Lipinski definition) is 0. The van der Waals surface area contributed by atoms with Crippen LogP contribution in [-0.4, -0.2) is 28.4 Å². The molecule has 0 spiro atoms. The van der Waals surface area contributed by atoms with Gasteiger partial charge in [0.2, 0.25) is 0 Å². The van der Waals surface area contributed by atoms with Crippen LogP contribution in [0.5, 0.6) is 0 Å². The summed E-state index contributed by atoms with van der Waals surface area (Å²) in [6.45, 7) is 0.972. The third-order valence-electron chi connectivity index (χ3n) is 0. The number of aliphatic carboxylic acids is 1. The molecule has 0 aromatic rings. The van der Waals surface area contributed by atoms with Crippen molar-refractivity contribution < 1.29 is 31.8 Å². The third-order valence-corrected chi connectivity index (χ3v) is 0.